The number of allylic oxidation sites excluding steroid dienone is 1. The highest BCUT2D eigenvalue weighted by Gasteiger charge is 2.30. The van der Waals surface area contributed by atoms with Crippen LogP contribution in [0.1, 0.15) is 37.9 Å². The Morgan fingerprint density at radius 1 is 1.44 bits per heavy atom. The molecule has 0 N–H and O–H groups in total. The summed E-state index contributed by atoms with van der Waals surface area (Å²) >= 11 is 0. The van der Waals surface area contributed by atoms with Gasteiger partial charge in [0.15, 0.2) is 5.82 Å². The third-order valence-electron chi connectivity index (χ3n) is 3.48. The van der Waals surface area contributed by atoms with Crippen LogP contribution in [0.5, 0.6) is 0 Å². The monoisotopic (exact) mass is 219 g/mol. The number of aromatic nitrogens is 2. The summed E-state index contributed by atoms with van der Waals surface area (Å²) in [7, 11) is 0. The van der Waals surface area contributed by atoms with Gasteiger partial charge in [0.2, 0.25) is 5.89 Å². The van der Waals surface area contributed by atoms with Gasteiger partial charge in [0.1, 0.15) is 0 Å². The molecular formula is C12H17N3O. The van der Waals surface area contributed by atoms with Gasteiger partial charge in [-0.1, -0.05) is 12.1 Å². The maximum absolute atomic E-state index is 5.25. The molecule has 3 aliphatic heterocycles. The lowest BCUT2D eigenvalue weighted by atomic mass is 9.85. The fraction of sp³-hybridized carbons (Fsp3) is 0.667. The second kappa shape index (κ2) is 3.92. The van der Waals surface area contributed by atoms with Crippen LogP contribution in [-0.4, -0.2) is 28.1 Å². The number of piperidine rings is 1. The molecule has 2 bridgehead atoms. The van der Waals surface area contributed by atoms with Crippen LogP contribution >= 0.6 is 0 Å². The summed E-state index contributed by atoms with van der Waals surface area (Å²) in [5.41, 5.74) is 1.28. The Hall–Kier alpha value is -1.32. The average Bonchev–Trinajstić information content (AvgIpc) is 2.80. The number of rotatable bonds is 3. The topological polar surface area (TPSA) is 42.2 Å². The summed E-state index contributed by atoms with van der Waals surface area (Å²) in [6.45, 7) is 4.50. The smallest absolute Gasteiger partial charge is 0.226 e. The van der Waals surface area contributed by atoms with E-state index in [2.05, 4.69) is 28.2 Å². The summed E-state index contributed by atoms with van der Waals surface area (Å²) in [4.78, 5) is 6.84. The van der Waals surface area contributed by atoms with Crippen molar-refractivity contribution in [2.75, 3.05) is 13.1 Å². The first kappa shape index (κ1) is 9.87. The number of hydrogen-bond acceptors (Lipinski definition) is 4. The Labute approximate surface area is 95.3 Å². The van der Waals surface area contributed by atoms with Crippen LogP contribution in [0.4, 0.5) is 0 Å². The number of aryl methyl sites for hydroxylation is 1. The lowest BCUT2D eigenvalue weighted by Crippen LogP contribution is -2.35. The van der Waals surface area contributed by atoms with E-state index in [9.17, 15) is 0 Å². The summed E-state index contributed by atoms with van der Waals surface area (Å²) in [6, 6.07) is 0. The summed E-state index contributed by atoms with van der Waals surface area (Å²) < 4.78 is 5.25. The second-order valence-corrected chi connectivity index (χ2v) is 4.66. The van der Waals surface area contributed by atoms with E-state index in [0.717, 1.165) is 24.6 Å². The van der Waals surface area contributed by atoms with Gasteiger partial charge in [-0.05, 0) is 25.2 Å². The Morgan fingerprint density at radius 2 is 2.25 bits per heavy atom. The zero-order chi connectivity index (χ0) is 11.0. The first-order chi connectivity index (χ1) is 7.86. The van der Waals surface area contributed by atoms with Gasteiger partial charge in [0, 0.05) is 31.3 Å². The first-order valence-corrected chi connectivity index (χ1v) is 6.15. The van der Waals surface area contributed by atoms with E-state index < -0.39 is 0 Å². The lowest BCUT2D eigenvalue weighted by Gasteiger charge is -2.37. The van der Waals surface area contributed by atoms with Crippen molar-refractivity contribution < 1.29 is 4.52 Å². The molecule has 4 heterocycles. The Kier molecular flexibility index (Phi) is 2.42. The van der Waals surface area contributed by atoms with Crippen LogP contribution in [0.3, 0.4) is 0 Å². The van der Waals surface area contributed by atoms with Crippen molar-refractivity contribution in [1.82, 2.24) is 15.0 Å². The van der Waals surface area contributed by atoms with Gasteiger partial charge in [-0.2, -0.15) is 4.98 Å². The van der Waals surface area contributed by atoms with E-state index in [1.165, 1.54) is 31.5 Å². The number of hydrogen-bond donors (Lipinski definition) is 0. The standard InChI is InChI=1S/C12H17N3O/c1-2-3-11-13-12(14-16-11)10-8-15-6-4-9(10)5-7-15/h8-9H,2-7H2,1H3. The van der Waals surface area contributed by atoms with E-state index >= 15 is 0 Å². The van der Waals surface area contributed by atoms with E-state index in [0.29, 0.717) is 5.92 Å². The van der Waals surface area contributed by atoms with Gasteiger partial charge < -0.3 is 9.42 Å². The zero-order valence-corrected chi connectivity index (χ0v) is 9.65. The predicted molar refractivity (Wildman–Crippen MR) is 60.6 cm³/mol. The molecule has 0 spiro atoms. The molecule has 1 aromatic rings. The third-order valence-corrected chi connectivity index (χ3v) is 3.48. The van der Waals surface area contributed by atoms with Crippen molar-refractivity contribution in [1.29, 1.82) is 0 Å². The molecule has 1 aromatic heterocycles. The van der Waals surface area contributed by atoms with Crippen LogP contribution in [-0.2, 0) is 6.42 Å². The van der Waals surface area contributed by atoms with Crippen LogP contribution in [0.25, 0.3) is 5.57 Å². The Bertz CT molecular complexity index is 402. The van der Waals surface area contributed by atoms with Gasteiger partial charge in [0.25, 0.3) is 0 Å². The van der Waals surface area contributed by atoms with E-state index in [1.54, 1.807) is 0 Å². The number of fused-ring (bicyclic) bond motifs is 2. The summed E-state index contributed by atoms with van der Waals surface area (Å²) in [6.07, 6.45) is 6.64. The van der Waals surface area contributed by atoms with Gasteiger partial charge in [0.05, 0.1) is 0 Å². The molecule has 4 heteroatoms. The minimum absolute atomic E-state index is 0.650. The molecule has 3 aliphatic rings. The minimum Gasteiger partial charge on any atom is -0.377 e. The van der Waals surface area contributed by atoms with Gasteiger partial charge in [-0.25, -0.2) is 0 Å². The maximum atomic E-state index is 5.25. The van der Waals surface area contributed by atoms with E-state index in [1.807, 2.05) is 0 Å². The van der Waals surface area contributed by atoms with Crippen molar-refractivity contribution >= 4 is 5.57 Å². The largest absolute Gasteiger partial charge is 0.377 e. The highest BCUT2D eigenvalue weighted by atomic mass is 16.5. The summed E-state index contributed by atoms with van der Waals surface area (Å²) in [5, 5.41) is 4.10. The quantitative estimate of drug-likeness (QED) is 0.780. The van der Waals surface area contributed by atoms with Gasteiger partial charge >= 0.3 is 0 Å². The fourth-order valence-corrected chi connectivity index (χ4v) is 2.57. The first-order valence-electron chi connectivity index (χ1n) is 6.15. The van der Waals surface area contributed by atoms with Crippen molar-refractivity contribution in [2.45, 2.75) is 32.6 Å². The van der Waals surface area contributed by atoms with Crippen molar-refractivity contribution in [3.05, 3.63) is 17.9 Å². The van der Waals surface area contributed by atoms with Gasteiger partial charge in [-0.3, -0.25) is 0 Å². The maximum Gasteiger partial charge on any atom is 0.226 e. The van der Waals surface area contributed by atoms with Crippen LogP contribution in [0, 0.1) is 5.92 Å². The average molecular weight is 219 g/mol. The molecule has 0 radical (unpaired) electrons. The highest BCUT2D eigenvalue weighted by molar-refractivity contribution is 5.63. The molecule has 4 nitrogen and oxygen atoms in total. The van der Waals surface area contributed by atoms with Gasteiger partial charge in [-0.15, -0.1) is 0 Å². The van der Waals surface area contributed by atoms with Crippen LogP contribution in [0.2, 0.25) is 0 Å². The van der Waals surface area contributed by atoms with Crippen LogP contribution < -0.4 is 0 Å². The Morgan fingerprint density at radius 3 is 2.88 bits per heavy atom. The number of nitrogens with zero attached hydrogens (tertiary/aromatic N) is 3. The molecule has 86 valence electrons. The van der Waals surface area contributed by atoms with E-state index in [4.69, 9.17) is 4.52 Å². The second-order valence-electron chi connectivity index (χ2n) is 4.66. The normalized spacial score (nSPS) is 20.3. The molecule has 0 aliphatic carbocycles. The molecule has 0 unspecified atom stereocenters. The fourth-order valence-electron chi connectivity index (χ4n) is 2.57. The molecule has 0 aromatic carbocycles. The van der Waals surface area contributed by atoms with E-state index in [-0.39, 0.29) is 0 Å². The summed E-state index contributed by atoms with van der Waals surface area (Å²) in [5.74, 6) is 2.24. The molecule has 0 saturated carbocycles. The molecule has 1 fully saturated rings. The predicted octanol–water partition coefficient (Wildman–Crippen LogP) is 2.09. The molecule has 0 amide bonds. The minimum atomic E-state index is 0.650. The zero-order valence-electron chi connectivity index (χ0n) is 9.65. The third kappa shape index (κ3) is 1.62. The molecular weight excluding hydrogens is 202 g/mol. The lowest BCUT2D eigenvalue weighted by molar-refractivity contribution is 0.251. The van der Waals surface area contributed by atoms with Crippen molar-refractivity contribution in [2.24, 2.45) is 5.92 Å². The van der Waals surface area contributed by atoms with Crippen LogP contribution in [0.15, 0.2) is 10.7 Å². The molecule has 1 saturated heterocycles. The highest BCUT2D eigenvalue weighted by Crippen LogP contribution is 2.35. The molecule has 4 rings (SSSR count). The van der Waals surface area contributed by atoms with Crippen molar-refractivity contribution in [3.8, 4) is 0 Å². The molecule has 16 heavy (non-hydrogen) atoms. The molecule has 0 atom stereocenters. The SMILES string of the molecule is CCCc1nc(C2=CN3CCC2CC3)no1. The Balaban J connectivity index is 1.86. The van der Waals surface area contributed by atoms with Crippen molar-refractivity contribution in [3.63, 3.8) is 0 Å².